The Bertz CT molecular complexity index is 2050. The summed E-state index contributed by atoms with van der Waals surface area (Å²) in [7, 11) is 3.17. The second kappa shape index (κ2) is 17.0. The summed E-state index contributed by atoms with van der Waals surface area (Å²) in [5, 5.41) is 22.7. The van der Waals surface area contributed by atoms with Crippen molar-refractivity contribution in [2.75, 3.05) is 67.0 Å². The van der Waals surface area contributed by atoms with E-state index in [2.05, 4.69) is 53.8 Å². The quantitative estimate of drug-likeness (QED) is 0.0507. The number of hydrogen-bond donors (Lipinski definition) is 3. The van der Waals surface area contributed by atoms with Crippen LogP contribution in [-0.2, 0) is 19.8 Å². The first kappa shape index (κ1) is 36.0. The Kier molecular flexibility index (Phi) is 12.0. The Morgan fingerprint density at radius 1 is 0.686 bits per heavy atom. The van der Waals surface area contributed by atoms with Crippen LogP contribution >= 0.6 is 0 Å². The molecular weight excluding hydrogens is 644 g/mol. The number of nitrogens with one attached hydrogen (secondary N) is 1. The topological polar surface area (TPSA) is 122 Å². The van der Waals surface area contributed by atoms with Gasteiger partial charge in [0.2, 0.25) is 0 Å². The van der Waals surface area contributed by atoms with E-state index in [1.165, 1.54) is 0 Å². The molecule has 0 aliphatic rings. The highest BCUT2D eigenvalue weighted by atomic mass is 16.5. The molecule has 266 valence electrons. The second-order valence-corrected chi connectivity index (χ2v) is 12.4. The van der Waals surface area contributed by atoms with Crippen molar-refractivity contribution in [3.8, 4) is 11.5 Å². The van der Waals surface area contributed by atoms with Gasteiger partial charge in [-0.2, -0.15) is 0 Å². The van der Waals surface area contributed by atoms with Crippen molar-refractivity contribution in [2.45, 2.75) is 18.4 Å². The van der Waals surface area contributed by atoms with E-state index in [4.69, 9.17) is 29.4 Å². The van der Waals surface area contributed by atoms with Crippen LogP contribution in [0.1, 0.15) is 39.9 Å². The summed E-state index contributed by atoms with van der Waals surface area (Å²) < 4.78 is 27.9. The normalized spacial score (nSPS) is 12.8. The summed E-state index contributed by atoms with van der Waals surface area (Å²) >= 11 is 0. The van der Waals surface area contributed by atoms with E-state index in [9.17, 15) is 9.90 Å². The molecule has 1 amide bonds. The standard InChI is InChI=1S/C42H46N2O7/c1-47-34-15-18-37(38(28-34)48-2)42(46,36-17-14-31-12-11-29-7-3-8-30-13-16-35(36)40(31)39(29)30)33-10-4-9-32(27-33)41(45)44-20-6-22-50-24-26-51-25-23-49-21-5-19-43/h3-4,7-18,27-28,46H,5-6,19-26,43H2,1-2H3,(H,44,45). The summed E-state index contributed by atoms with van der Waals surface area (Å²) in [6.07, 6.45) is 1.48. The maximum absolute atomic E-state index is 13.4. The maximum Gasteiger partial charge on any atom is 0.251 e. The van der Waals surface area contributed by atoms with E-state index >= 15 is 0 Å². The van der Waals surface area contributed by atoms with Crippen LogP contribution in [-0.4, -0.2) is 78.0 Å². The molecule has 0 bridgehead atoms. The molecule has 9 nitrogen and oxygen atoms in total. The summed E-state index contributed by atoms with van der Waals surface area (Å²) in [5.41, 5.74) is 5.91. The number of benzene rings is 6. The highest BCUT2D eigenvalue weighted by molar-refractivity contribution is 6.23. The number of ether oxygens (including phenoxy) is 5. The van der Waals surface area contributed by atoms with Crippen LogP contribution in [0.5, 0.6) is 11.5 Å². The molecule has 1 atom stereocenters. The molecule has 4 N–H and O–H groups in total. The number of rotatable bonds is 19. The fourth-order valence-electron chi connectivity index (χ4n) is 6.70. The van der Waals surface area contributed by atoms with Crippen molar-refractivity contribution in [3.63, 3.8) is 0 Å². The third kappa shape index (κ3) is 7.78. The van der Waals surface area contributed by atoms with E-state index in [1.807, 2.05) is 24.3 Å². The van der Waals surface area contributed by atoms with Gasteiger partial charge in [-0.1, -0.05) is 66.7 Å². The lowest BCUT2D eigenvalue weighted by Gasteiger charge is -2.33. The first-order valence-electron chi connectivity index (χ1n) is 17.4. The van der Waals surface area contributed by atoms with Gasteiger partial charge in [-0.25, -0.2) is 0 Å². The van der Waals surface area contributed by atoms with E-state index in [0.29, 0.717) is 92.9 Å². The summed E-state index contributed by atoms with van der Waals surface area (Å²) in [5.74, 6) is 0.814. The van der Waals surface area contributed by atoms with Crippen LogP contribution in [0.3, 0.4) is 0 Å². The van der Waals surface area contributed by atoms with Gasteiger partial charge in [-0.15, -0.1) is 0 Å². The van der Waals surface area contributed by atoms with Gasteiger partial charge in [0.15, 0.2) is 0 Å². The smallest absolute Gasteiger partial charge is 0.251 e. The van der Waals surface area contributed by atoms with Crippen LogP contribution in [0.4, 0.5) is 0 Å². The summed E-state index contributed by atoms with van der Waals surface area (Å²) in [6.45, 7) is 4.19. The Morgan fingerprint density at radius 3 is 2.02 bits per heavy atom. The Hall–Kier alpha value is -4.77. The van der Waals surface area contributed by atoms with Crippen LogP contribution in [0, 0.1) is 0 Å². The molecule has 6 aromatic carbocycles. The molecular formula is C42H46N2O7. The van der Waals surface area contributed by atoms with Gasteiger partial charge in [0.1, 0.15) is 17.1 Å². The molecule has 0 saturated heterocycles. The van der Waals surface area contributed by atoms with Gasteiger partial charge in [-0.05, 0) is 81.5 Å². The van der Waals surface area contributed by atoms with E-state index in [-0.39, 0.29) is 5.91 Å². The van der Waals surface area contributed by atoms with Crippen molar-refractivity contribution in [1.82, 2.24) is 5.32 Å². The van der Waals surface area contributed by atoms with Crippen LogP contribution < -0.4 is 20.5 Å². The maximum atomic E-state index is 13.4. The van der Waals surface area contributed by atoms with Gasteiger partial charge in [0.25, 0.3) is 5.91 Å². The van der Waals surface area contributed by atoms with Gasteiger partial charge in [0.05, 0.1) is 40.6 Å². The van der Waals surface area contributed by atoms with Crippen molar-refractivity contribution >= 4 is 38.2 Å². The largest absolute Gasteiger partial charge is 0.497 e. The first-order chi connectivity index (χ1) is 25.0. The lowest BCUT2D eigenvalue weighted by atomic mass is 9.76. The average molecular weight is 691 g/mol. The zero-order valence-electron chi connectivity index (χ0n) is 29.3. The fraction of sp³-hybridized carbons (Fsp3) is 0.310. The predicted molar refractivity (Wildman–Crippen MR) is 201 cm³/mol. The van der Waals surface area contributed by atoms with Crippen molar-refractivity contribution in [2.24, 2.45) is 5.73 Å². The number of carbonyl (C=O) groups excluding carboxylic acids is 1. The minimum atomic E-state index is -1.71. The van der Waals surface area contributed by atoms with Gasteiger partial charge >= 0.3 is 0 Å². The number of hydrogen-bond acceptors (Lipinski definition) is 8. The number of amides is 1. The van der Waals surface area contributed by atoms with Crippen LogP contribution in [0.15, 0.2) is 97.1 Å². The average Bonchev–Trinajstić information content (AvgIpc) is 3.18. The molecule has 9 heteroatoms. The van der Waals surface area contributed by atoms with Crippen LogP contribution in [0.2, 0.25) is 0 Å². The monoisotopic (exact) mass is 690 g/mol. The number of carbonyl (C=O) groups is 1. The lowest BCUT2D eigenvalue weighted by molar-refractivity contribution is 0.0141. The van der Waals surface area contributed by atoms with Crippen molar-refractivity contribution in [1.29, 1.82) is 0 Å². The van der Waals surface area contributed by atoms with E-state index in [1.54, 1.807) is 38.5 Å². The van der Waals surface area contributed by atoms with Crippen LogP contribution in [0.25, 0.3) is 32.3 Å². The van der Waals surface area contributed by atoms with Crippen molar-refractivity contribution < 1.29 is 33.6 Å². The molecule has 51 heavy (non-hydrogen) atoms. The predicted octanol–water partition coefficient (Wildman–Crippen LogP) is 6.40. The fourth-order valence-corrected chi connectivity index (χ4v) is 6.70. The highest BCUT2D eigenvalue weighted by Gasteiger charge is 2.39. The summed E-state index contributed by atoms with van der Waals surface area (Å²) in [4.78, 5) is 13.4. The van der Waals surface area contributed by atoms with Gasteiger partial charge < -0.3 is 39.8 Å². The zero-order chi connectivity index (χ0) is 35.6. The van der Waals surface area contributed by atoms with E-state index in [0.717, 1.165) is 38.7 Å². The molecule has 0 spiro atoms. The Balaban J connectivity index is 1.24. The second-order valence-electron chi connectivity index (χ2n) is 12.4. The zero-order valence-corrected chi connectivity index (χ0v) is 29.3. The highest BCUT2D eigenvalue weighted by Crippen LogP contribution is 2.47. The Labute approximate surface area is 298 Å². The molecule has 0 radical (unpaired) electrons. The third-order valence-electron chi connectivity index (χ3n) is 9.25. The molecule has 0 saturated carbocycles. The van der Waals surface area contributed by atoms with E-state index < -0.39 is 5.60 Å². The minimum Gasteiger partial charge on any atom is -0.497 e. The molecule has 0 heterocycles. The number of methoxy groups -OCH3 is 2. The SMILES string of the molecule is COc1ccc(C(O)(c2cccc(C(=O)NCCCOCCOCCOCCCN)c2)c2ccc3ccc4cccc5ccc2c3c45)c(OC)c1. The lowest BCUT2D eigenvalue weighted by Crippen LogP contribution is -2.31. The first-order valence-corrected chi connectivity index (χ1v) is 17.4. The molecule has 0 aliphatic carbocycles. The molecule has 0 fully saturated rings. The van der Waals surface area contributed by atoms with Crippen molar-refractivity contribution in [3.05, 3.63) is 119 Å². The summed E-state index contributed by atoms with van der Waals surface area (Å²) in [6, 6.07) is 31.3. The molecule has 6 aromatic rings. The molecule has 1 unspecified atom stereocenters. The number of nitrogens with two attached hydrogens (primary N) is 1. The van der Waals surface area contributed by atoms with Gasteiger partial charge in [-0.3, -0.25) is 4.79 Å². The van der Waals surface area contributed by atoms with Gasteiger partial charge in [0, 0.05) is 42.5 Å². The minimum absolute atomic E-state index is 0.241. The number of aliphatic hydroxyl groups is 1. The molecule has 0 aliphatic heterocycles. The molecule has 6 rings (SSSR count). The Morgan fingerprint density at radius 2 is 1.31 bits per heavy atom. The molecule has 0 aromatic heterocycles. The third-order valence-corrected chi connectivity index (χ3v) is 9.25.